The van der Waals surface area contributed by atoms with Crippen molar-refractivity contribution in [2.75, 3.05) is 6.54 Å². The van der Waals surface area contributed by atoms with Crippen molar-refractivity contribution >= 4 is 0 Å². The van der Waals surface area contributed by atoms with E-state index in [1.165, 1.54) is 25.7 Å². The molecule has 3 nitrogen and oxygen atoms in total. The summed E-state index contributed by atoms with van der Waals surface area (Å²) in [6, 6.07) is 3.57. The molecule has 0 spiro atoms. The summed E-state index contributed by atoms with van der Waals surface area (Å²) >= 11 is 0. The summed E-state index contributed by atoms with van der Waals surface area (Å²) in [4.78, 5) is 4.36. The molecule has 2 saturated carbocycles. The van der Waals surface area contributed by atoms with Crippen LogP contribution < -0.4 is 5.32 Å². The second kappa shape index (κ2) is 3.98. The molecule has 1 heterocycles. The second-order valence-corrected chi connectivity index (χ2v) is 5.66. The van der Waals surface area contributed by atoms with Gasteiger partial charge < -0.3 is 10.4 Å². The molecule has 3 rings (SSSR count). The van der Waals surface area contributed by atoms with Gasteiger partial charge in [0.2, 0.25) is 0 Å². The highest BCUT2D eigenvalue weighted by Crippen LogP contribution is 2.60. The first-order valence-electron chi connectivity index (χ1n) is 6.56. The van der Waals surface area contributed by atoms with Gasteiger partial charge in [-0.25, -0.2) is 0 Å². The molecule has 3 heteroatoms. The third kappa shape index (κ3) is 2.29. The molecule has 0 radical (unpaired) electrons. The summed E-state index contributed by atoms with van der Waals surface area (Å²) in [5.74, 6) is 1.29. The minimum atomic E-state index is 0.305. The van der Waals surface area contributed by atoms with Gasteiger partial charge in [-0.3, -0.25) is 4.98 Å². The van der Waals surface area contributed by atoms with Crippen molar-refractivity contribution < 1.29 is 5.11 Å². The predicted molar refractivity (Wildman–Crippen MR) is 66.7 cm³/mol. The van der Waals surface area contributed by atoms with Gasteiger partial charge in [0, 0.05) is 18.8 Å². The van der Waals surface area contributed by atoms with Gasteiger partial charge in [0.25, 0.3) is 0 Å². The zero-order valence-electron chi connectivity index (χ0n) is 10.4. The van der Waals surface area contributed by atoms with Gasteiger partial charge in [0.05, 0.1) is 5.69 Å². The van der Waals surface area contributed by atoms with Crippen LogP contribution in [0.3, 0.4) is 0 Å². The van der Waals surface area contributed by atoms with Crippen molar-refractivity contribution in [3.05, 3.63) is 23.5 Å². The minimum absolute atomic E-state index is 0.305. The van der Waals surface area contributed by atoms with Gasteiger partial charge in [-0.05, 0) is 56.1 Å². The van der Waals surface area contributed by atoms with Gasteiger partial charge in [-0.1, -0.05) is 0 Å². The highest BCUT2D eigenvalue weighted by atomic mass is 16.3. The van der Waals surface area contributed by atoms with Gasteiger partial charge in [0.1, 0.15) is 5.75 Å². The molecule has 1 aromatic heterocycles. The van der Waals surface area contributed by atoms with Crippen LogP contribution >= 0.6 is 0 Å². The summed E-state index contributed by atoms with van der Waals surface area (Å²) in [6.45, 7) is 3.73. The van der Waals surface area contributed by atoms with Crippen LogP contribution in [0.1, 0.15) is 37.1 Å². The quantitative estimate of drug-likeness (QED) is 0.819. The maximum Gasteiger partial charge on any atom is 0.138 e. The first-order chi connectivity index (χ1) is 8.20. The number of aromatic nitrogens is 1. The van der Waals surface area contributed by atoms with Crippen LogP contribution in [0.5, 0.6) is 5.75 Å². The highest BCUT2D eigenvalue weighted by Gasteiger charge is 2.53. The van der Waals surface area contributed by atoms with Gasteiger partial charge in [-0.2, -0.15) is 0 Å². The number of aryl methyl sites for hydroxylation is 1. The van der Waals surface area contributed by atoms with E-state index in [-0.39, 0.29) is 0 Å². The summed E-state index contributed by atoms with van der Waals surface area (Å²) in [7, 11) is 0. The molecule has 2 aliphatic carbocycles. The Morgan fingerprint density at radius 1 is 1.41 bits per heavy atom. The zero-order valence-corrected chi connectivity index (χ0v) is 10.4. The number of nitrogens with one attached hydrogen (secondary N) is 1. The van der Waals surface area contributed by atoms with E-state index in [1.807, 2.05) is 13.0 Å². The lowest BCUT2D eigenvalue weighted by Crippen LogP contribution is -2.25. The molecule has 2 aliphatic rings. The molecule has 0 bridgehead atoms. The Kier molecular flexibility index (Phi) is 2.58. The lowest BCUT2D eigenvalue weighted by Gasteiger charge is -2.15. The number of aromatic hydroxyl groups is 1. The summed E-state index contributed by atoms with van der Waals surface area (Å²) in [6.07, 6.45) is 5.63. The van der Waals surface area contributed by atoms with Crippen molar-refractivity contribution in [3.8, 4) is 5.75 Å². The maximum absolute atomic E-state index is 9.70. The average Bonchev–Trinajstić information content (AvgIpc) is 3.14. The summed E-state index contributed by atoms with van der Waals surface area (Å²) < 4.78 is 0. The number of hydrogen-bond donors (Lipinski definition) is 2. The standard InChI is InChI=1S/C14H20N2O/c1-10-2-5-13(17)12(16-10)8-15-9-14(6-7-14)11-3-4-11/h2,5,11,15,17H,3-4,6-9H2,1H3. The number of rotatable bonds is 5. The Hall–Kier alpha value is -1.09. The van der Waals surface area contributed by atoms with E-state index in [0.29, 0.717) is 17.7 Å². The molecule has 2 N–H and O–H groups in total. The van der Waals surface area contributed by atoms with E-state index in [1.54, 1.807) is 6.07 Å². The highest BCUT2D eigenvalue weighted by molar-refractivity contribution is 5.27. The minimum Gasteiger partial charge on any atom is -0.506 e. The molecule has 1 aromatic rings. The lowest BCUT2D eigenvalue weighted by atomic mass is 10.0. The molecule has 0 atom stereocenters. The fraction of sp³-hybridized carbons (Fsp3) is 0.643. The van der Waals surface area contributed by atoms with Gasteiger partial charge in [-0.15, -0.1) is 0 Å². The summed E-state index contributed by atoms with van der Waals surface area (Å²) in [5.41, 5.74) is 2.35. The maximum atomic E-state index is 9.70. The molecular formula is C14H20N2O. The molecule has 0 aliphatic heterocycles. The third-order valence-corrected chi connectivity index (χ3v) is 4.19. The van der Waals surface area contributed by atoms with E-state index in [2.05, 4.69) is 10.3 Å². The zero-order chi connectivity index (χ0) is 11.9. The largest absolute Gasteiger partial charge is 0.506 e. The van der Waals surface area contributed by atoms with Crippen LogP contribution in [-0.4, -0.2) is 16.6 Å². The number of nitrogens with zero attached hydrogens (tertiary/aromatic N) is 1. The smallest absolute Gasteiger partial charge is 0.138 e. The fourth-order valence-corrected chi connectivity index (χ4v) is 2.75. The normalized spacial score (nSPS) is 21.5. The third-order valence-electron chi connectivity index (χ3n) is 4.19. The van der Waals surface area contributed by atoms with Gasteiger partial charge >= 0.3 is 0 Å². The Morgan fingerprint density at radius 3 is 2.82 bits per heavy atom. The Labute approximate surface area is 102 Å². The van der Waals surface area contributed by atoms with E-state index in [4.69, 9.17) is 0 Å². The van der Waals surface area contributed by atoms with E-state index in [9.17, 15) is 5.11 Å². The first-order valence-corrected chi connectivity index (χ1v) is 6.56. The van der Waals surface area contributed by atoms with Gasteiger partial charge in [0.15, 0.2) is 0 Å². The van der Waals surface area contributed by atoms with Crippen LogP contribution in [0.2, 0.25) is 0 Å². The predicted octanol–water partition coefficient (Wildman–Crippen LogP) is 2.38. The molecule has 0 aromatic carbocycles. The molecule has 0 amide bonds. The molecule has 0 saturated heterocycles. The van der Waals surface area contributed by atoms with Crippen LogP contribution in [-0.2, 0) is 6.54 Å². The van der Waals surface area contributed by atoms with Crippen molar-refractivity contribution in [3.63, 3.8) is 0 Å². The SMILES string of the molecule is Cc1ccc(O)c(CNCC2(C3CC3)CC2)n1. The first kappa shape index (κ1) is 11.0. The number of hydrogen-bond acceptors (Lipinski definition) is 3. The number of pyridine rings is 1. The molecule has 17 heavy (non-hydrogen) atoms. The average molecular weight is 232 g/mol. The van der Waals surface area contributed by atoms with Crippen LogP contribution in [0.4, 0.5) is 0 Å². The molecule has 92 valence electrons. The van der Waals surface area contributed by atoms with Crippen LogP contribution in [0.15, 0.2) is 12.1 Å². The topological polar surface area (TPSA) is 45.1 Å². The van der Waals surface area contributed by atoms with Crippen LogP contribution in [0, 0.1) is 18.3 Å². The Morgan fingerprint density at radius 2 is 2.18 bits per heavy atom. The Balaban J connectivity index is 1.55. The lowest BCUT2D eigenvalue weighted by molar-refractivity contribution is 0.397. The van der Waals surface area contributed by atoms with E-state index < -0.39 is 0 Å². The fourth-order valence-electron chi connectivity index (χ4n) is 2.75. The van der Waals surface area contributed by atoms with E-state index >= 15 is 0 Å². The van der Waals surface area contributed by atoms with Crippen molar-refractivity contribution in [1.29, 1.82) is 0 Å². The van der Waals surface area contributed by atoms with Crippen molar-refractivity contribution in [2.45, 2.75) is 39.2 Å². The second-order valence-electron chi connectivity index (χ2n) is 5.66. The van der Waals surface area contributed by atoms with Crippen molar-refractivity contribution in [1.82, 2.24) is 10.3 Å². The Bertz CT molecular complexity index is 422. The monoisotopic (exact) mass is 232 g/mol. The molecular weight excluding hydrogens is 212 g/mol. The van der Waals surface area contributed by atoms with Crippen LogP contribution in [0.25, 0.3) is 0 Å². The molecule has 2 fully saturated rings. The van der Waals surface area contributed by atoms with Crippen molar-refractivity contribution in [2.24, 2.45) is 11.3 Å². The van der Waals surface area contributed by atoms with E-state index in [0.717, 1.165) is 23.9 Å². The summed E-state index contributed by atoms with van der Waals surface area (Å²) in [5, 5.41) is 13.2. The molecule has 0 unspecified atom stereocenters.